The Morgan fingerprint density at radius 1 is 1.38 bits per heavy atom. The Morgan fingerprint density at radius 3 is 1.88 bits per heavy atom. The third-order valence-corrected chi connectivity index (χ3v) is 0.673. The van der Waals surface area contributed by atoms with Gasteiger partial charge in [-0.2, -0.15) is 17.6 Å². The van der Waals surface area contributed by atoms with E-state index >= 15 is 0 Å². The number of alkyl halides is 4. The second-order valence-corrected chi connectivity index (χ2v) is 1.30. The molecule has 1 fully saturated rings. The Bertz CT molecular complexity index is 152. The van der Waals surface area contributed by atoms with Gasteiger partial charge in [0.25, 0.3) is 0 Å². The zero-order chi connectivity index (χ0) is 8.21. The van der Waals surface area contributed by atoms with Gasteiger partial charge < -0.3 is 4.74 Å². The summed E-state index contributed by atoms with van der Waals surface area (Å²) in [4.78, 5) is 0. The van der Waals surface area contributed by atoms with E-state index in [0.29, 0.717) is 0 Å². The van der Waals surface area contributed by atoms with Gasteiger partial charge >= 0.3 is 12.0 Å². The van der Waals surface area contributed by atoms with Crippen molar-refractivity contribution in [3.8, 4) is 0 Å². The highest BCUT2D eigenvalue weighted by molar-refractivity contribution is 4.85. The second-order valence-electron chi connectivity index (χ2n) is 1.30. The third kappa shape index (κ3) is 0.506. The van der Waals surface area contributed by atoms with Crippen LogP contribution in [0, 0.1) is 0 Å². The zero-order valence-corrected chi connectivity index (χ0v) is 3.42. The van der Waals surface area contributed by atoms with Crippen molar-refractivity contribution in [3.63, 3.8) is 0 Å². The molecule has 1 rings (SSSR count). The highest BCUT2D eigenvalue weighted by atomic mass is 19.3. The maximum absolute atomic E-state index is 11.8. The van der Waals surface area contributed by atoms with Crippen molar-refractivity contribution < 1.29 is 25.0 Å². The van der Waals surface area contributed by atoms with E-state index < -0.39 is 18.6 Å². The molecule has 0 radical (unpaired) electrons. The van der Waals surface area contributed by atoms with Crippen molar-refractivity contribution in [1.82, 2.24) is 0 Å². The van der Waals surface area contributed by atoms with Crippen LogP contribution in [0.5, 0.6) is 0 Å². The minimum Gasteiger partial charge on any atom is -0.309 e. The Morgan fingerprint density at radius 2 is 1.88 bits per heavy atom. The van der Waals surface area contributed by atoms with E-state index in [2.05, 4.69) is 4.74 Å². The van der Waals surface area contributed by atoms with Crippen molar-refractivity contribution >= 4 is 0 Å². The molecule has 0 spiro atoms. The van der Waals surface area contributed by atoms with E-state index in [1.165, 1.54) is 0 Å². The Labute approximate surface area is 45.0 Å². The number of halogens is 4. The molecule has 0 atom stereocenters. The first-order valence-corrected chi connectivity index (χ1v) is 1.66. The summed E-state index contributed by atoms with van der Waals surface area (Å²) in [5, 5.41) is 0. The van der Waals surface area contributed by atoms with Crippen LogP contribution in [-0.4, -0.2) is 18.6 Å². The molecule has 0 aromatic rings. The first kappa shape index (κ1) is 3.66. The average molecular weight is 132 g/mol. The lowest BCUT2D eigenvalue weighted by molar-refractivity contribution is -0.441. The maximum atomic E-state index is 11.8. The molecule has 0 N–H and O–H groups in total. The van der Waals surface area contributed by atoms with E-state index in [-0.39, 0.29) is 0 Å². The standard InChI is InChI=1S/C3H2F4O/c4-2(5)1-8-3(2,6)7/h1H2/i1D2. The van der Waals surface area contributed by atoms with Crippen molar-refractivity contribution in [2.45, 2.75) is 12.0 Å². The fourth-order valence-corrected chi connectivity index (χ4v) is 0.205. The summed E-state index contributed by atoms with van der Waals surface area (Å²) in [6.45, 7) is -3.53. The molecule has 0 aromatic heterocycles. The van der Waals surface area contributed by atoms with E-state index in [9.17, 15) is 17.6 Å². The lowest BCUT2D eigenvalue weighted by Crippen LogP contribution is -2.57. The topological polar surface area (TPSA) is 9.23 Å². The summed E-state index contributed by atoms with van der Waals surface area (Å²) in [6.07, 6.45) is -4.66. The molecular weight excluding hydrogens is 128 g/mol. The number of ether oxygens (including phenoxy) is 1. The minimum atomic E-state index is -4.71. The summed E-state index contributed by atoms with van der Waals surface area (Å²) in [5.74, 6) is -4.71. The average Bonchev–Trinajstić information content (AvgIpc) is 1.61. The Kier molecular flexibility index (Phi) is 0.526. The van der Waals surface area contributed by atoms with Crippen molar-refractivity contribution in [2.24, 2.45) is 0 Å². The largest absolute Gasteiger partial charge is 0.422 e. The lowest BCUT2D eigenvalue weighted by Gasteiger charge is -2.34. The molecule has 1 nitrogen and oxygen atoms in total. The summed E-state index contributed by atoms with van der Waals surface area (Å²) in [5.41, 5.74) is 0. The molecule has 5 heteroatoms. The molecule has 0 aliphatic carbocycles. The van der Waals surface area contributed by atoms with E-state index in [0.717, 1.165) is 0 Å². The smallest absolute Gasteiger partial charge is 0.309 e. The summed E-state index contributed by atoms with van der Waals surface area (Å²) in [6, 6.07) is 0. The summed E-state index contributed by atoms with van der Waals surface area (Å²) >= 11 is 0. The second kappa shape index (κ2) is 1.15. The van der Waals surface area contributed by atoms with Crippen LogP contribution in [0.4, 0.5) is 17.6 Å². The normalized spacial score (nSPS) is 41.5. The van der Waals surface area contributed by atoms with Gasteiger partial charge in [-0.05, 0) is 0 Å². The highest BCUT2D eigenvalue weighted by Gasteiger charge is 2.67. The fourth-order valence-electron chi connectivity index (χ4n) is 0.205. The number of rotatable bonds is 0. The maximum Gasteiger partial charge on any atom is 0.422 e. The summed E-state index contributed by atoms with van der Waals surface area (Å²) < 4.78 is 62.1. The molecule has 1 aliphatic heterocycles. The Hall–Kier alpha value is -0.320. The van der Waals surface area contributed by atoms with Crippen molar-refractivity contribution in [3.05, 3.63) is 0 Å². The van der Waals surface area contributed by atoms with Gasteiger partial charge in [-0.15, -0.1) is 0 Å². The molecule has 0 bridgehead atoms. The van der Waals surface area contributed by atoms with Gasteiger partial charge in [0, 0.05) is 0 Å². The van der Waals surface area contributed by atoms with Crippen LogP contribution in [0.25, 0.3) is 0 Å². The van der Waals surface area contributed by atoms with Gasteiger partial charge in [0.2, 0.25) is 0 Å². The molecule has 1 aliphatic rings. The van der Waals surface area contributed by atoms with Gasteiger partial charge in [-0.25, -0.2) is 0 Å². The van der Waals surface area contributed by atoms with Crippen molar-refractivity contribution in [1.29, 1.82) is 0 Å². The fraction of sp³-hybridized carbons (Fsp3) is 1.00. The van der Waals surface area contributed by atoms with Crippen LogP contribution in [0.3, 0.4) is 0 Å². The summed E-state index contributed by atoms with van der Waals surface area (Å²) in [7, 11) is 0. The van der Waals surface area contributed by atoms with Crippen LogP contribution in [-0.2, 0) is 4.74 Å². The molecule has 1 heterocycles. The first-order valence-electron chi connectivity index (χ1n) is 2.66. The number of hydrogen-bond donors (Lipinski definition) is 0. The van der Waals surface area contributed by atoms with Crippen LogP contribution in [0.15, 0.2) is 0 Å². The molecule has 0 aromatic carbocycles. The van der Waals surface area contributed by atoms with E-state index in [1.54, 1.807) is 0 Å². The molecule has 0 saturated carbocycles. The monoisotopic (exact) mass is 132 g/mol. The van der Waals surface area contributed by atoms with E-state index in [1.807, 2.05) is 0 Å². The SMILES string of the molecule is [2H]C1([2H])OC(F)(F)C1(F)F. The Balaban J connectivity index is 2.85. The predicted octanol–water partition coefficient (Wildman–Crippen LogP) is 1.24. The van der Waals surface area contributed by atoms with Gasteiger partial charge in [0.15, 0.2) is 0 Å². The number of hydrogen-bond acceptors (Lipinski definition) is 1. The molecule has 1 saturated heterocycles. The van der Waals surface area contributed by atoms with Gasteiger partial charge in [0.1, 0.15) is 6.56 Å². The van der Waals surface area contributed by atoms with Crippen LogP contribution < -0.4 is 0 Å². The zero-order valence-electron chi connectivity index (χ0n) is 5.42. The lowest BCUT2D eigenvalue weighted by atomic mass is 10.2. The predicted molar refractivity (Wildman–Crippen MR) is 15.8 cm³/mol. The van der Waals surface area contributed by atoms with Gasteiger partial charge in [-0.1, -0.05) is 0 Å². The van der Waals surface area contributed by atoms with E-state index in [4.69, 9.17) is 2.74 Å². The minimum absolute atomic E-state index is 2.98. The third-order valence-electron chi connectivity index (χ3n) is 0.673. The molecule has 0 unspecified atom stereocenters. The van der Waals surface area contributed by atoms with Gasteiger partial charge in [-0.3, -0.25) is 0 Å². The molecule has 0 amide bonds. The van der Waals surface area contributed by atoms with Crippen molar-refractivity contribution in [2.75, 3.05) is 6.56 Å². The van der Waals surface area contributed by atoms with Crippen LogP contribution >= 0.6 is 0 Å². The van der Waals surface area contributed by atoms with Gasteiger partial charge in [0.05, 0.1) is 2.74 Å². The first-order chi connectivity index (χ1) is 4.21. The van der Waals surface area contributed by atoms with Crippen LogP contribution in [0.2, 0.25) is 0 Å². The van der Waals surface area contributed by atoms with Crippen LogP contribution in [0.1, 0.15) is 2.74 Å². The molecule has 8 heavy (non-hydrogen) atoms. The molecular formula is C3H2F4O. The highest BCUT2D eigenvalue weighted by Crippen LogP contribution is 2.43. The molecule has 48 valence electrons. The quantitative estimate of drug-likeness (QED) is 0.450.